The first kappa shape index (κ1) is 20.9. The average molecular weight is 453 g/mol. The van der Waals surface area contributed by atoms with Gasteiger partial charge in [0.15, 0.2) is 0 Å². The predicted octanol–water partition coefficient (Wildman–Crippen LogP) is 6.05. The number of carbonyl (C=O) groups is 2. The standard InChI is InChI=1S/C25H22ClFN2O3/c1-25(24(31)32)12-10-15(11-13-25)22-21-18(27)6-3-7-19(21)29(28-22)23(30)20-16(14-8-9-14)4-2-5-17(20)26/h2-7,10,14H,8-9,11-13H2,1H3,(H,31,32). The van der Waals surface area contributed by atoms with E-state index in [9.17, 15) is 19.1 Å². The molecular formula is C25H22ClFN2O3. The minimum atomic E-state index is -0.854. The number of carboxylic acids is 1. The van der Waals surface area contributed by atoms with E-state index in [1.54, 1.807) is 25.1 Å². The Morgan fingerprint density at radius 2 is 1.97 bits per heavy atom. The molecule has 0 amide bonds. The SMILES string of the molecule is CC1(C(=O)O)CC=C(c2nn(C(=O)c3c(Cl)cccc3C3CC3)c3cccc(F)c23)CC1. The number of nitrogens with zero attached hydrogens (tertiary/aromatic N) is 2. The summed E-state index contributed by atoms with van der Waals surface area (Å²) in [6, 6.07) is 10.0. The van der Waals surface area contributed by atoms with Crippen molar-refractivity contribution in [1.82, 2.24) is 9.78 Å². The number of hydrogen-bond donors (Lipinski definition) is 1. The van der Waals surface area contributed by atoms with Crippen LogP contribution in [-0.4, -0.2) is 26.8 Å². The molecular weight excluding hydrogens is 431 g/mol. The Labute approximate surface area is 189 Å². The van der Waals surface area contributed by atoms with Crippen molar-refractivity contribution in [1.29, 1.82) is 0 Å². The Balaban J connectivity index is 1.65. The van der Waals surface area contributed by atoms with Crippen LogP contribution >= 0.6 is 11.6 Å². The first-order chi connectivity index (χ1) is 15.3. The summed E-state index contributed by atoms with van der Waals surface area (Å²) < 4.78 is 16.2. The first-order valence-corrected chi connectivity index (χ1v) is 11.1. The van der Waals surface area contributed by atoms with Crippen molar-refractivity contribution in [2.45, 2.75) is 44.9 Å². The summed E-state index contributed by atoms with van der Waals surface area (Å²) in [6.45, 7) is 1.71. The summed E-state index contributed by atoms with van der Waals surface area (Å²) in [5.41, 5.74) is 1.98. The van der Waals surface area contributed by atoms with Gasteiger partial charge in [0.1, 0.15) is 5.82 Å². The Kier molecular flexibility index (Phi) is 4.93. The lowest BCUT2D eigenvalue weighted by molar-refractivity contribution is -0.148. The largest absolute Gasteiger partial charge is 0.481 e. The second-order valence-corrected chi connectivity index (χ2v) is 9.38. The quantitative estimate of drug-likeness (QED) is 0.522. The van der Waals surface area contributed by atoms with E-state index in [1.165, 1.54) is 10.7 Å². The zero-order valence-electron chi connectivity index (χ0n) is 17.6. The molecule has 7 heteroatoms. The van der Waals surface area contributed by atoms with Crippen LogP contribution in [0.1, 0.15) is 66.6 Å². The van der Waals surface area contributed by atoms with Crippen LogP contribution < -0.4 is 0 Å². The number of carbonyl (C=O) groups excluding carboxylic acids is 1. The van der Waals surface area contributed by atoms with Crippen molar-refractivity contribution in [2.24, 2.45) is 5.41 Å². The highest BCUT2D eigenvalue weighted by molar-refractivity contribution is 6.34. The summed E-state index contributed by atoms with van der Waals surface area (Å²) in [5.74, 6) is -1.40. The number of allylic oxidation sites excluding steroid dienone is 2. The minimum absolute atomic E-state index is 0.269. The van der Waals surface area contributed by atoms with Gasteiger partial charge in [-0.3, -0.25) is 9.59 Å². The number of rotatable bonds is 4. The normalized spacial score (nSPS) is 20.9. The number of fused-ring (bicyclic) bond motifs is 1. The summed E-state index contributed by atoms with van der Waals surface area (Å²) >= 11 is 6.44. The fourth-order valence-electron chi connectivity index (χ4n) is 4.49. The Hall–Kier alpha value is -2.99. The van der Waals surface area contributed by atoms with Crippen LogP contribution in [0, 0.1) is 11.2 Å². The van der Waals surface area contributed by atoms with Crippen LogP contribution in [-0.2, 0) is 4.79 Å². The molecule has 0 saturated heterocycles. The van der Waals surface area contributed by atoms with E-state index in [4.69, 9.17) is 11.6 Å². The number of hydrogen-bond acceptors (Lipinski definition) is 3. The number of benzene rings is 2. The Morgan fingerprint density at radius 1 is 1.22 bits per heavy atom. The molecule has 1 atom stereocenters. The third-order valence-corrected chi connectivity index (χ3v) is 7.01. The van der Waals surface area contributed by atoms with Gasteiger partial charge in [0, 0.05) is 0 Å². The molecule has 0 bridgehead atoms. The van der Waals surface area contributed by atoms with Gasteiger partial charge in [0.05, 0.1) is 32.6 Å². The minimum Gasteiger partial charge on any atom is -0.481 e. The fourth-order valence-corrected chi connectivity index (χ4v) is 4.75. The van der Waals surface area contributed by atoms with Crippen molar-refractivity contribution >= 4 is 40.0 Å². The highest BCUT2D eigenvalue weighted by Crippen LogP contribution is 2.44. The third kappa shape index (κ3) is 3.34. The van der Waals surface area contributed by atoms with E-state index in [0.29, 0.717) is 47.0 Å². The molecule has 2 aliphatic carbocycles. The highest BCUT2D eigenvalue weighted by Gasteiger charge is 2.36. The molecule has 1 aromatic heterocycles. The zero-order chi connectivity index (χ0) is 22.6. The van der Waals surface area contributed by atoms with Gasteiger partial charge >= 0.3 is 5.97 Å². The average Bonchev–Trinajstić information content (AvgIpc) is 3.54. The van der Waals surface area contributed by atoms with E-state index in [1.807, 2.05) is 18.2 Å². The molecule has 1 heterocycles. The summed E-state index contributed by atoms with van der Waals surface area (Å²) in [7, 11) is 0. The Morgan fingerprint density at radius 3 is 2.62 bits per heavy atom. The lowest BCUT2D eigenvalue weighted by atomic mass is 9.76. The van der Waals surface area contributed by atoms with Gasteiger partial charge in [-0.25, -0.2) is 4.39 Å². The van der Waals surface area contributed by atoms with E-state index < -0.39 is 17.2 Å². The number of aromatic nitrogens is 2. The van der Waals surface area contributed by atoms with E-state index in [0.717, 1.165) is 24.0 Å². The van der Waals surface area contributed by atoms with E-state index in [2.05, 4.69) is 5.10 Å². The first-order valence-electron chi connectivity index (χ1n) is 10.7. The molecule has 0 radical (unpaired) electrons. The lowest BCUT2D eigenvalue weighted by Crippen LogP contribution is -2.29. The van der Waals surface area contributed by atoms with Crippen molar-refractivity contribution in [3.8, 4) is 0 Å². The summed E-state index contributed by atoms with van der Waals surface area (Å²) in [4.78, 5) is 25.2. The number of halogens is 2. The lowest BCUT2D eigenvalue weighted by Gasteiger charge is -2.28. The van der Waals surface area contributed by atoms with Crippen molar-refractivity contribution in [2.75, 3.05) is 0 Å². The van der Waals surface area contributed by atoms with Gasteiger partial charge in [-0.2, -0.15) is 9.78 Å². The molecule has 0 aliphatic heterocycles. The van der Waals surface area contributed by atoms with Crippen LogP contribution in [0.15, 0.2) is 42.5 Å². The molecule has 1 unspecified atom stereocenters. The van der Waals surface area contributed by atoms with Gasteiger partial charge in [0.2, 0.25) is 0 Å². The van der Waals surface area contributed by atoms with Crippen LogP contribution in [0.25, 0.3) is 16.5 Å². The molecule has 0 spiro atoms. The van der Waals surface area contributed by atoms with E-state index in [-0.39, 0.29) is 11.3 Å². The fraction of sp³-hybridized carbons (Fsp3) is 0.320. The van der Waals surface area contributed by atoms with Crippen LogP contribution in [0.5, 0.6) is 0 Å². The molecule has 3 aromatic rings. The van der Waals surface area contributed by atoms with Crippen molar-refractivity contribution < 1.29 is 19.1 Å². The monoisotopic (exact) mass is 452 g/mol. The topological polar surface area (TPSA) is 72.2 Å². The molecule has 1 saturated carbocycles. The third-order valence-electron chi connectivity index (χ3n) is 6.69. The van der Waals surface area contributed by atoms with Gasteiger partial charge in [0.25, 0.3) is 5.91 Å². The van der Waals surface area contributed by atoms with E-state index >= 15 is 0 Å². The zero-order valence-corrected chi connectivity index (χ0v) is 18.3. The van der Waals surface area contributed by atoms with Gasteiger partial charge in [-0.15, -0.1) is 0 Å². The predicted molar refractivity (Wildman–Crippen MR) is 120 cm³/mol. The van der Waals surface area contributed by atoms with Gasteiger partial charge in [-0.1, -0.05) is 35.9 Å². The second kappa shape index (κ2) is 7.55. The molecule has 5 nitrogen and oxygen atoms in total. The smallest absolute Gasteiger partial charge is 0.309 e. The maximum Gasteiger partial charge on any atom is 0.309 e. The maximum atomic E-state index is 14.9. The molecule has 1 fully saturated rings. The second-order valence-electron chi connectivity index (χ2n) is 8.98. The van der Waals surface area contributed by atoms with Crippen molar-refractivity contribution in [3.63, 3.8) is 0 Å². The summed E-state index contributed by atoms with van der Waals surface area (Å²) in [5, 5.41) is 14.7. The molecule has 1 N–H and O–H groups in total. The number of carboxylic acid groups (broad SMARTS) is 1. The highest BCUT2D eigenvalue weighted by atomic mass is 35.5. The van der Waals surface area contributed by atoms with Crippen LogP contribution in [0.4, 0.5) is 4.39 Å². The molecule has 164 valence electrons. The molecule has 2 aliphatic rings. The van der Waals surface area contributed by atoms with Gasteiger partial charge in [-0.05, 0) is 74.3 Å². The van der Waals surface area contributed by atoms with Gasteiger partial charge < -0.3 is 5.11 Å². The van der Waals surface area contributed by atoms with Crippen LogP contribution in [0.2, 0.25) is 5.02 Å². The molecule has 2 aromatic carbocycles. The Bertz CT molecular complexity index is 1310. The van der Waals surface area contributed by atoms with Crippen molar-refractivity contribution in [3.05, 3.63) is 70.1 Å². The summed E-state index contributed by atoms with van der Waals surface area (Å²) in [6.07, 6.45) is 5.01. The van der Waals surface area contributed by atoms with Crippen LogP contribution in [0.3, 0.4) is 0 Å². The maximum absolute atomic E-state index is 14.9. The molecule has 5 rings (SSSR count). The number of aliphatic carboxylic acids is 1. The molecule has 32 heavy (non-hydrogen) atoms.